The molecule has 0 aliphatic heterocycles. The van der Waals surface area contributed by atoms with Gasteiger partial charge in [0.15, 0.2) is 0 Å². The largest absolute Gasteiger partial charge is 0.489 e. The molecule has 0 aliphatic rings. The van der Waals surface area contributed by atoms with Crippen molar-refractivity contribution in [1.29, 1.82) is 0 Å². The van der Waals surface area contributed by atoms with E-state index in [0.29, 0.717) is 21.4 Å². The number of halogens is 2. The third-order valence-electron chi connectivity index (χ3n) is 3.33. The topological polar surface area (TPSA) is 39.4 Å². The summed E-state index contributed by atoms with van der Waals surface area (Å²) in [5, 5.41) is 0.849. The Kier molecular flexibility index (Phi) is 3.98. The molecule has 22 heavy (non-hydrogen) atoms. The molecule has 5 heteroatoms. The molecule has 0 aliphatic carbocycles. The maximum absolute atomic E-state index is 13.7. The standard InChI is InChI=1S/C17H12BrFO3/c1-10-6-17(20)22-16-8-13(4-5-14(10)16)21-9-11-2-3-12(18)7-15(11)19/h2-8H,9H2,1H3. The summed E-state index contributed by atoms with van der Waals surface area (Å²) in [6, 6.07) is 11.5. The van der Waals surface area contributed by atoms with E-state index in [4.69, 9.17) is 9.15 Å². The summed E-state index contributed by atoms with van der Waals surface area (Å²) in [4.78, 5) is 11.4. The Balaban J connectivity index is 1.86. The van der Waals surface area contributed by atoms with Crippen LogP contribution in [-0.4, -0.2) is 0 Å². The van der Waals surface area contributed by atoms with Gasteiger partial charge in [-0.25, -0.2) is 9.18 Å². The van der Waals surface area contributed by atoms with Crippen molar-refractivity contribution in [2.75, 3.05) is 0 Å². The van der Waals surface area contributed by atoms with Gasteiger partial charge in [0.1, 0.15) is 23.8 Å². The highest BCUT2D eigenvalue weighted by Crippen LogP contribution is 2.23. The molecular weight excluding hydrogens is 351 g/mol. The van der Waals surface area contributed by atoms with Crippen LogP contribution in [0.5, 0.6) is 5.75 Å². The highest BCUT2D eigenvalue weighted by Gasteiger charge is 2.06. The van der Waals surface area contributed by atoms with Crippen LogP contribution < -0.4 is 10.4 Å². The van der Waals surface area contributed by atoms with Gasteiger partial charge in [-0.05, 0) is 36.8 Å². The van der Waals surface area contributed by atoms with E-state index in [1.807, 2.05) is 13.0 Å². The third-order valence-corrected chi connectivity index (χ3v) is 3.83. The lowest BCUT2D eigenvalue weighted by molar-refractivity contribution is 0.299. The second-order valence-electron chi connectivity index (χ2n) is 4.93. The Bertz CT molecular complexity index is 902. The van der Waals surface area contributed by atoms with Crippen LogP contribution in [0.4, 0.5) is 4.39 Å². The molecule has 0 saturated carbocycles. The fraction of sp³-hybridized carbons (Fsp3) is 0.118. The first-order valence-corrected chi connectivity index (χ1v) is 7.43. The van der Waals surface area contributed by atoms with Crippen molar-refractivity contribution < 1.29 is 13.5 Å². The Morgan fingerprint density at radius 2 is 2.00 bits per heavy atom. The molecular formula is C17H12BrFO3. The summed E-state index contributed by atoms with van der Waals surface area (Å²) in [5.74, 6) is 0.182. The highest BCUT2D eigenvalue weighted by atomic mass is 79.9. The fourth-order valence-corrected chi connectivity index (χ4v) is 2.53. The molecule has 3 rings (SSSR count). The van der Waals surface area contributed by atoms with E-state index in [9.17, 15) is 9.18 Å². The van der Waals surface area contributed by atoms with Crippen LogP contribution in [0.3, 0.4) is 0 Å². The monoisotopic (exact) mass is 362 g/mol. The van der Waals surface area contributed by atoms with E-state index in [2.05, 4.69) is 15.9 Å². The summed E-state index contributed by atoms with van der Waals surface area (Å²) in [5.41, 5.74) is 1.35. The Hall–Kier alpha value is -2.14. The SMILES string of the molecule is Cc1cc(=O)oc2cc(OCc3ccc(Br)cc3F)ccc12. The number of hydrogen-bond donors (Lipinski definition) is 0. The molecule has 0 N–H and O–H groups in total. The maximum Gasteiger partial charge on any atom is 0.336 e. The van der Waals surface area contributed by atoms with E-state index >= 15 is 0 Å². The van der Waals surface area contributed by atoms with Gasteiger partial charge < -0.3 is 9.15 Å². The van der Waals surface area contributed by atoms with Crippen LogP contribution in [0.15, 0.2) is 56.1 Å². The Labute approximate surface area is 134 Å². The molecule has 1 aromatic heterocycles. The van der Waals surface area contributed by atoms with Gasteiger partial charge in [0.25, 0.3) is 0 Å². The molecule has 0 spiro atoms. The highest BCUT2D eigenvalue weighted by molar-refractivity contribution is 9.10. The number of benzene rings is 2. The van der Waals surface area contributed by atoms with Crippen LogP contribution in [-0.2, 0) is 6.61 Å². The molecule has 0 radical (unpaired) electrons. The number of aryl methyl sites for hydroxylation is 1. The first-order chi connectivity index (χ1) is 10.5. The van der Waals surface area contributed by atoms with Crippen LogP contribution in [0, 0.1) is 12.7 Å². The smallest absolute Gasteiger partial charge is 0.336 e. The maximum atomic E-state index is 13.7. The lowest BCUT2D eigenvalue weighted by atomic mass is 10.1. The van der Waals surface area contributed by atoms with Gasteiger partial charge in [0, 0.05) is 27.6 Å². The zero-order valence-corrected chi connectivity index (χ0v) is 13.3. The summed E-state index contributed by atoms with van der Waals surface area (Å²) >= 11 is 3.21. The quantitative estimate of drug-likeness (QED) is 0.640. The number of ether oxygens (including phenoxy) is 1. The van der Waals surface area contributed by atoms with Gasteiger partial charge in [-0.1, -0.05) is 22.0 Å². The zero-order valence-electron chi connectivity index (χ0n) is 11.7. The average Bonchev–Trinajstić information content (AvgIpc) is 2.45. The van der Waals surface area contributed by atoms with Crippen LogP contribution in [0.1, 0.15) is 11.1 Å². The predicted molar refractivity (Wildman–Crippen MR) is 85.7 cm³/mol. The number of rotatable bonds is 3. The summed E-state index contributed by atoms with van der Waals surface area (Å²) in [7, 11) is 0. The minimum atomic E-state index is -0.402. The average molecular weight is 363 g/mol. The van der Waals surface area contributed by atoms with Crippen LogP contribution >= 0.6 is 15.9 Å². The van der Waals surface area contributed by atoms with Crippen molar-refractivity contribution in [3.63, 3.8) is 0 Å². The van der Waals surface area contributed by atoms with Gasteiger partial charge in [0.2, 0.25) is 0 Å². The minimum Gasteiger partial charge on any atom is -0.489 e. The van der Waals surface area contributed by atoms with Crippen molar-refractivity contribution in [2.45, 2.75) is 13.5 Å². The van der Waals surface area contributed by atoms with Crippen LogP contribution in [0.25, 0.3) is 11.0 Å². The molecule has 0 amide bonds. The van der Waals surface area contributed by atoms with E-state index in [1.54, 1.807) is 24.3 Å². The summed E-state index contributed by atoms with van der Waals surface area (Å²) < 4.78 is 25.2. The first kappa shape index (κ1) is 14.8. The van der Waals surface area contributed by atoms with E-state index in [1.165, 1.54) is 12.1 Å². The predicted octanol–water partition coefficient (Wildman–Crippen LogP) is 4.58. The Morgan fingerprint density at radius 3 is 2.77 bits per heavy atom. The van der Waals surface area contributed by atoms with Gasteiger partial charge >= 0.3 is 5.63 Å². The number of hydrogen-bond acceptors (Lipinski definition) is 3. The van der Waals surface area contributed by atoms with E-state index in [-0.39, 0.29) is 12.4 Å². The minimum absolute atomic E-state index is 0.0979. The second kappa shape index (κ2) is 5.93. The lowest BCUT2D eigenvalue weighted by Gasteiger charge is -2.08. The van der Waals surface area contributed by atoms with Gasteiger partial charge in [0.05, 0.1) is 0 Å². The van der Waals surface area contributed by atoms with Gasteiger partial charge in [-0.3, -0.25) is 0 Å². The molecule has 112 valence electrons. The van der Waals surface area contributed by atoms with Gasteiger partial charge in [-0.2, -0.15) is 0 Å². The molecule has 0 fully saturated rings. The zero-order chi connectivity index (χ0) is 15.7. The number of fused-ring (bicyclic) bond motifs is 1. The van der Waals surface area contributed by atoms with Crippen molar-refractivity contribution in [3.05, 3.63) is 74.3 Å². The van der Waals surface area contributed by atoms with Crippen molar-refractivity contribution in [3.8, 4) is 5.75 Å². The molecule has 2 aromatic carbocycles. The van der Waals surface area contributed by atoms with Crippen molar-refractivity contribution >= 4 is 26.9 Å². The van der Waals surface area contributed by atoms with Crippen molar-refractivity contribution in [1.82, 2.24) is 0 Å². The molecule has 0 unspecified atom stereocenters. The Morgan fingerprint density at radius 1 is 1.18 bits per heavy atom. The molecule has 0 atom stereocenters. The summed E-state index contributed by atoms with van der Waals surface area (Å²) in [6.45, 7) is 1.94. The molecule has 3 nitrogen and oxygen atoms in total. The molecule has 3 aromatic rings. The van der Waals surface area contributed by atoms with Gasteiger partial charge in [-0.15, -0.1) is 0 Å². The lowest BCUT2D eigenvalue weighted by Crippen LogP contribution is -2.00. The first-order valence-electron chi connectivity index (χ1n) is 6.64. The molecule has 1 heterocycles. The van der Waals surface area contributed by atoms with E-state index in [0.717, 1.165) is 10.9 Å². The summed E-state index contributed by atoms with van der Waals surface area (Å²) in [6.07, 6.45) is 0. The molecule has 0 bridgehead atoms. The molecule has 0 saturated heterocycles. The fourth-order valence-electron chi connectivity index (χ4n) is 2.19. The second-order valence-corrected chi connectivity index (χ2v) is 5.85. The normalized spacial score (nSPS) is 10.9. The van der Waals surface area contributed by atoms with Crippen molar-refractivity contribution in [2.24, 2.45) is 0 Å². The third kappa shape index (κ3) is 3.04. The van der Waals surface area contributed by atoms with E-state index < -0.39 is 5.63 Å². The van der Waals surface area contributed by atoms with Crippen LogP contribution in [0.2, 0.25) is 0 Å².